The average Bonchev–Trinajstić information content (AvgIpc) is 3.16. The van der Waals surface area contributed by atoms with Gasteiger partial charge < -0.3 is 15.4 Å². The number of hydrogen-bond acceptors (Lipinski definition) is 4. The number of fused-ring (bicyclic) bond motifs is 1. The van der Waals surface area contributed by atoms with Crippen LogP contribution in [0, 0.1) is 18.6 Å². The second-order valence-electron chi connectivity index (χ2n) is 10.3. The molecule has 0 bridgehead atoms. The number of nitrogens with one attached hydrogen (secondary N) is 2. The molecule has 1 atom stereocenters. The largest absolute Gasteiger partial charge is 0.390 e. The van der Waals surface area contributed by atoms with Gasteiger partial charge in [-0.05, 0) is 50.5 Å². The predicted molar refractivity (Wildman–Crippen MR) is 139 cm³/mol. The molecule has 5 nitrogen and oxygen atoms in total. The number of aromatic amines is 1. The standard InChI is InChI=1S/C28H35F5N4O/c1-18(10-23-19(2)34-27-7-4-3-6-22(23)27)37(16-28(32,33)17-38)15-24-25(30)11-20(12-26(24)31)35-21-13-36(14-21)9-5-8-29/h3-4,6-7,11-12,18,21,34-35,38H,5,8-10,13-17H2,1-2H3/t18-/m1/s1. The lowest BCUT2D eigenvalue weighted by atomic mass is 10.0. The molecule has 0 amide bonds. The lowest BCUT2D eigenvalue weighted by molar-refractivity contribution is -0.0808. The van der Waals surface area contributed by atoms with E-state index >= 15 is 8.78 Å². The summed E-state index contributed by atoms with van der Waals surface area (Å²) in [5, 5.41) is 13.3. The molecule has 0 aliphatic carbocycles. The summed E-state index contributed by atoms with van der Waals surface area (Å²) >= 11 is 0. The summed E-state index contributed by atoms with van der Waals surface area (Å²) in [5.41, 5.74) is 2.75. The van der Waals surface area contributed by atoms with Crippen molar-refractivity contribution in [2.45, 2.75) is 51.2 Å². The third kappa shape index (κ3) is 6.65. The van der Waals surface area contributed by atoms with E-state index in [9.17, 15) is 18.3 Å². The minimum absolute atomic E-state index is 0.00144. The quantitative estimate of drug-likeness (QED) is 0.260. The van der Waals surface area contributed by atoms with Crippen molar-refractivity contribution in [1.82, 2.24) is 14.8 Å². The summed E-state index contributed by atoms with van der Waals surface area (Å²) in [6.07, 6.45) is 0.829. The topological polar surface area (TPSA) is 54.5 Å². The molecular formula is C28H35F5N4O. The highest BCUT2D eigenvalue weighted by molar-refractivity contribution is 5.84. The second-order valence-corrected chi connectivity index (χ2v) is 10.3. The Bertz CT molecular complexity index is 1200. The van der Waals surface area contributed by atoms with Crippen molar-refractivity contribution in [3.63, 3.8) is 0 Å². The molecule has 0 radical (unpaired) electrons. The number of anilines is 1. The number of alkyl halides is 3. The molecule has 1 aliphatic heterocycles. The number of aliphatic hydroxyl groups is 1. The van der Waals surface area contributed by atoms with Gasteiger partial charge in [0.15, 0.2) is 0 Å². The van der Waals surface area contributed by atoms with E-state index in [4.69, 9.17) is 0 Å². The summed E-state index contributed by atoms with van der Waals surface area (Å²) in [6.45, 7) is 2.63. The van der Waals surface area contributed by atoms with Gasteiger partial charge in [-0.1, -0.05) is 18.2 Å². The van der Waals surface area contributed by atoms with Crippen molar-refractivity contribution < 1.29 is 27.1 Å². The Morgan fingerprint density at radius 3 is 2.50 bits per heavy atom. The van der Waals surface area contributed by atoms with Gasteiger partial charge in [0, 0.05) is 60.1 Å². The molecule has 0 unspecified atom stereocenters. The minimum atomic E-state index is -3.43. The van der Waals surface area contributed by atoms with Gasteiger partial charge in [0.2, 0.25) is 0 Å². The molecule has 1 saturated heterocycles. The summed E-state index contributed by atoms with van der Waals surface area (Å²) in [5.74, 6) is -5.08. The lowest BCUT2D eigenvalue weighted by Gasteiger charge is -2.40. The molecule has 1 fully saturated rings. The van der Waals surface area contributed by atoms with E-state index < -0.39 is 36.8 Å². The highest BCUT2D eigenvalue weighted by atomic mass is 19.3. The Labute approximate surface area is 219 Å². The highest BCUT2D eigenvalue weighted by Crippen LogP contribution is 2.28. The number of nitrogens with zero attached hydrogens (tertiary/aromatic N) is 2. The third-order valence-corrected chi connectivity index (χ3v) is 7.25. The third-order valence-electron chi connectivity index (χ3n) is 7.25. The van der Waals surface area contributed by atoms with Gasteiger partial charge in [-0.2, -0.15) is 0 Å². The van der Waals surface area contributed by atoms with Crippen molar-refractivity contribution in [3.8, 4) is 0 Å². The molecule has 2 aromatic carbocycles. The summed E-state index contributed by atoms with van der Waals surface area (Å²) < 4.78 is 71.2. The van der Waals surface area contributed by atoms with Crippen LogP contribution in [0.2, 0.25) is 0 Å². The summed E-state index contributed by atoms with van der Waals surface area (Å²) in [6, 6.07) is 9.52. The molecular weight excluding hydrogens is 503 g/mol. The van der Waals surface area contributed by atoms with E-state index in [1.807, 2.05) is 36.1 Å². The van der Waals surface area contributed by atoms with Crippen LogP contribution in [0.4, 0.5) is 27.6 Å². The van der Waals surface area contributed by atoms with Crippen molar-refractivity contribution in [2.75, 3.05) is 44.8 Å². The number of aryl methyl sites for hydroxylation is 1. The van der Waals surface area contributed by atoms with Gasteiger partial charge >= 0.3 is 0 Å². The van der Waals surface area contributed by atoms with Gasteiger partial charge in [-0.25, -0.2) is 17.6 Å². The van der Waals surface area contributed by atoms with Gasteiger partial charge in [-0.15, -0.1) is 0 Å². The Morgan fingerprint density at radius 2 is 1.84 bits per heavy atom. The Morgan fingerprint density at radius 1 is 1.16 bits per heavy atom. The maximum absolute atomic E-state index is 15.1. The molecule has 3 aromatic rings. The molecule has 2 heterocycles. The van der Waals surface area contributed by atoms with Crippen LogP contribution in [0.5, 0.6) is 0 Å². The van der Waals surface area contributed by atoms with E-state index in [1.54, 1.807) is 6.92 Å². The number of halogens is 5. The number of hydrogen-bond donors (Lipinski definition) is 3. The lowest BCUT2D eigenvalue weighted by Crippen LogP contribution is -2.54. The molecule has 1 aromatic heterocycles. The van der Waals surface area contributed by atoms with E-state index in [0.29, 0.717) is 32.5 Å². The molecule has 0 spiro atoms. The van der Waals surface area contributed by atoms with Crippen molar-refractivity contribution in [1.29, 1.82) is 0 Å². The zero-order valence-corrected chi connectivity index (χ0v) is 21.7. The van der Waals surface area contributed by atoms with Crippen LogP contribution in [0.25, 0.3) is 10.9 Å². The number of aliphatic hydroxyl groups excluding tert-OH is 1. The van der Waals surface area contributed by atoms with Gasteiger partial charge in [0.05, 0.1) is 19.3 Å². The first-order chi connectivity index (χ1) is 18.1. The molecule has 1 aliphatic rings. The van der Waals surface area contributed by atoms with Crippen molar-refractivity contribution in [3.05, 3.63) is 64.9 Å². The minimum Gasteiger partial charge on any atom is -0.390 e. The number of benzene rings is 2. The molecule has 10 heteroatoms. The maximum Gasteiger partial charge on any atom is 0.283 e. The van der Waals surface area contributed by atoms with E-state index in [2.05, 4.69) is 10.3 Å². The zero-order valence-electron chi connectivity index (χ0n) is 21.7. The summed E-state index contributed by atoms with van der Waals surface area (Å²) in [7, 11) is 0. The molecule has 4 rings (SSSR count). The summed E-state index contributed by atoms with van der Waals surface area (Å²) in [4.78, 5) is 6.66. The van der Waals surface area contributed by atoms with Gasteiger partial charge in [0.1, 0.15) is 18.2 Å². The number of likely N-dealkylation sites (tertiary alicyclic amines) is 1. The van der Waals surface area contributed by atoms with Crippen LogP contribution in [0.3, 0.4) is 0 Å². The fourth-order valence-electron chi connectivity index (χ4n) is 5.14. The highest BCUT2D eigenvalue weighted by Gasteiger charge is 2.34. The van der Waals surface area contributed by atoms with Crippen molar-refractivity contribution >= 4 is 16.6 Å². The second kappa shape index (κ2) is 12.0. The molecule has 208 valence electrons. The van der Waals surface area contributed by atoms with Crippen LogP contribution in [-0.2, 0) is 13.0 Å². The van der Waals surface area contributed by atoms with Crippen LogP contribution < -0.4 is 5.32 Å². The van der Waals surface area contributed by atoms with Crippen LogP contribution in [0.15, 0.2) is 36.4 Å². The van der Waals surface area contributed by atoms with Crippen LogP contribution >= 0.6 is 0 Å². The normalized spacial score (nSPS) is 15.8. The van der Waals surface area contributed by atoms with Crippen LogP contribution in [0.1, 0.15) is 30.2 Å². The fourth-order valence-corrected chi connectivity index (χ4v) is 5.14. The fraction of sp³-hybridized carbons (Fsp3) is 0.500. The zero-order chi connectivity index (χ0) is 27.4. The van der Waals surface area contributed by atoms with Gasteiger partial charge in [0.25, 0.3) is 5.92 Å². The Kier molecular flexibility index (Phi) is 8.95. The van der Waals surface area contributed by atoms with Crippen molar-refractivity contribution in [2.24, 2.45) is 0 Å². The number of aromatic nitrogens is 1. The first kappa shape index (κ1) is 28.3. The first-order valence-electron chi connectivity index (χ1n) is 12.9. The monoisotopic (exact) mass is 538 g/mol. The van der Waals surface area contributed by atoms with E-state index in [-0.39, 0.29) is 30.5 Å². The number of H-pyrrole nitrogens is 1. The SMILES string of the molecule is Cc1[nH]c2ccccc2c1C[C@@H](C)N(Cc1c(F)cc(NC2CN(CCCF)C2)cc1F)CC(F)(F)CO. The smallest absolute Gasteiger partial charge is 0.283 e. The molecule has 3 N–H and O–H groups in total. The van der Waals surface area contributed by atoms with Crippen LogP contribution in [-0.4, -0.2) is 77.4 Å². The Balaban J connectivity index is 1.50. The van der Waals surface area contributed by atoms with Gasteiger partial charge in [-0.3, -0.25) is 14.2 Å². The molecule has 38 heavy (non-hydrogen) atoms. The number of rotatable bonds is 13. The molecule has 0 saturated carbocycles. The maximum atomic E-state index is 15.1. The number of para-hydroxylation sites is 1. The average molecular weight is 539 g/mol. The first-order valence-corrected chi connectivity index (χ1v) is 12.9. The van der Waals surface area contributed by atoms with E-state index in [1.165, 1.54) is 17.0 Å². The predicted octanol–water partition coefficient (Wildman–Crippen LogP) is 5.27. The Hall–Kier alpha value is -2.69. The van der Waals surface area contributed by atoms with E-state index in [0.717, 1.165) is 22.2 Å².